The van der Waals surface area contributed by atoms with Gasteiger partial charge in [-0.25, -0.2) is 9.59 Å². The zero-order chi connectivity index (χ0) is 30.4. The van der Waals surface area contributed by atoms with Crippen LogP contribution in [0.15, 0.2) is 101 Å². The molecule has 3 aromatic carbocycles. The maximum absolute atomic E-state index is 14.1. The number of nitrogens with one attached hydrogen (secondary N) is 1. The fraction of sp³-hybridized carbons (Fsp3) is 0.250. The van der Waals surface area contributed by atoms with Crippen LogP contribution in [0.3, 0.4) is 0 Å². The molecule has 1 aliphatic heterocycles. The number of dihydropyridines is 1. The monoisotopic (exact) mass is 589 g/mol. The average molecular weight is 590 g/mol. The number of hydrogen-bond acceptors (Lipinski definition) is 8. The number of nitro benzene ring substituents is 1. The van der Waals surface area contributed by atoms with Crippen LogP contribution in [0, 0.1) is 10.1 Å². The van der Waals surface area contributed by atoms with Crippen LogP contribution in [0.5, 0.6) is 0 Å². The van der Waals surface area contributed by atoms with Crippen LogP contribution in [-0.2, 0) is 25.6 Å². The number of halogens is 1. The van der Waals surface area contributed by atoms with E-state index in [1.54, 1.807) is 44.2 Å². The molecule has 218 valence electrons. The van der Waals surface area contributed by atoms with E-state index in [4.69, 9.17) is 21.1 Å². The molecule has 10 heteroatoms. The van der Waals surface area contributed by atoms with Gasteiger partial charge < -0.3 is 14.8 Å². The number of hydrogen-bond donors (Lipinski definition) is 1. The zero-order valence-corrected chi connectivity index (χ0v) is 24.6. The first kappa shape index (κ1) is 30.5. The van der Waals surface area contributed by atoms with Crippen molar-refractivity contribution in [2.24, 2.45) is 0 Å². The molecule has 0 aromatic heterocycles. The number of methoxy groups -OCH3 is 1. The third-order valence-electron chi connectivity index (χ3n) is 7.06. The summed E-state index contributed by atoms with van der Waals surface area (Å²) in [6.45, 7) is 4.38. The van der Waals surface area contributed by atoms with E-state index in [2.05, 4.69) is 5.32 Å². The van der Waals surface area contributed by atoms with E-state index in [1.807, 2.05) is 42.3 Å². The highest BCUT2D eigenvalue weighted by Crippen LogP contribution is 2.41. The molecular formula is C32H32ClN3O6. The van der Waals surface area contributed by atoms with Gasteiger partial charge in [-0.1, -0.05) is 66.2 Å². The molecule has 0 bridgehead atoms. The predicted octanol–water partition coefficient (Wildman–Crippen LogP) is 6.07. The van der Waals surface area contributed by atoms with E-state index >= 15 is 0 Å². The predicted molar refractivity (Wildman–Crippen MR) is 159 cm³/mol. The molecule has 4 rings (SSSR count). The Kier molecular flexibility index (Phi) is 9.77. The first-order valence-corrected chi connectivity index (χ1v) is 13.7. The van der Waals surface area contributed by atoms with E-state index in [0.717, 1.165) is 11.1 Å². The molecule has 9 nitrogen and oxygen atoms in total. The zero-order valence-electron chi connectivity index (χ0n) is 23.8. The van der Waals surface area contributed by atoms with Crippen LogP contribution < -0.4 is 5.32 Å². The van der Waals surface area contributed by atoms with Gasteiger partial charge in [-0.3, -0.25) is 15.0 Å². The maximum Gasteiger partial charge on any atom is 0.337 e. The highest BCUT2D eigenvalue weighted by molar-refractivity contribution is 6.30. The van der Waals surface area contributed by atoms with Gasteiger partial charge in [0.1, 0.15) is 6.10 Å². The van der Waals surface area contributed by atoms with Gasteiger partial charge in [-0.2, -0.15) is 0 Å². The number of carbonyl (C=O) groups excluding carboxylic acids is 2. The number of likely N-dealkylation sites (N-methyl/N-ethyl adjacent to an activating group) is 1. The summed E-state index contributed by atoms with van der Waals surface area (Å²) in [5.41, 5.74) is 3.33. The van der Waals surface area contributed by atoms with Crippen LogP contribution in [0.4, 0.5) is 5.69 Å². The van der Waals surface area contributed by atoms with Crippen LogP contribution in [0.2, 0.25) is 5.02 Å². The Balaban J connectivity index is 1.72. The van der Waals surface area contributed by atoms with Crippen LogP contribution in [0.25, 0.3) is 0 Å². The van der Waals surface area contributed by atoms with Gasteiger partial charge in [0.15, 0.2) is 0 Å². The van der Waals surface area contributed by atoms with E-state index in [-0.39, 0.29) is 16.8 Å². The van der Waals surface area contributed by atoms with Crippen molar-refractivity contribution in [1.82, 2.24) is 10.2 Å². The van der Waals surface area contributed by atoms with Gasteiger partial charge in [0.2, 0.25) is 0 Å². The molecular weight excluding hydrogens is 558 g/mol. The summed E-state index contributed by atoms with van der Waals surface area (Å²) >= 11 is 6.14. The lowest BCUT2D eigenvalue weighted by atomic mass is 9.80. The second-order valence-corrected chi connectivity index (χ2v) is 10.5. The van der Waals surface area contributed by atoms with Crippen molar-refractivity contribution in [3.8, 4) is 0 Å². The number of esters is 2. The summed E-state index contributed by atoms with van der Waals surface area (Å²) < 4.78 is 11.3. The first-order valence-electron chi connectivity index (χ1n) is 13.3. The molecule has 0 saturated heterocycles. The molecule has 0 aliphatic carbocycles. The smallest absolute Gasteiger partial charge is 0.337 e. The van der Waals surface area contributed by atoms with Crippen LogP contribution in [0.1, 0.15) is 42.6 Å². The van der Waals surface area contributed by atoms with Crippen molar-refractivity contribution < 1.29 is 24.0 Å². The second kappa shape index (κ2) is 13.5. The third-order valence-corrected chi connectivity index (χ3v) is 7.32. The number of allylic oxidation sites excluding steroid dienone is 2. The summed E-state index contributed by atoms with van der Waals surface area (Å²) in [7, 11) is 3.18. The quantitative estimate of drug-likeness (QED) is 0.172. The SMILES string of the molecule is COC(=O)C1=C(C)NC(C)=C(C(=O)OC(CN(C)Cc2ccccc2)c2ccc(Cl)cc2)C1c1cccc([N+](=O)[O-])c1. The molecule has 0 fully saturated rings. The Morgan fingerprint density at radius 2 is 1.62 bits per heavy atom. The highest BCUT2D eigenvalue weighted by atomic mass is 35.5. The van der Waals surface area contributed by atoms with Crippen LogP contribution in [-0.4, -0.2) is 42.5 Å². The minimum absolute atomic E-state index is 0.158. The molecule has 0 spiro atoms. The van der Waals surface area contributed by atoms with Crippen molar-refractivity contribution >= 4 is 29.2 Å². The van der Waals surface area contributed by atoms with Crippen molar-refractivity contribution in [3.63, 3.8) is 0 Å². The Morgan fingerprint density at radius 3 is 2.24 bits per heavy atom. The molecule has 1 heterocycles. The first-order chi connectivity index (χ1) is 20.1. The lowest BCUT2D eigenvalue weighted by Gasteiger charge is -2.32. The van der Waals surface area contributed by atoms with Gasteiger partial charge in [-0.05, 0) is 49.7 Å². The van der Waals surface area contributed by atoms with Gasteiger partial charge in [-0.15, -0.1) is 0 Å². The standard InChI is InChI=1S/C32H32ClN3O6/c1-20-28(31(37)41-4)30(24-11-8-12-26(17-24)36(39)40)29(21(2)34-20)32(38)42-27(23-13-15-25(33)16-14-23)19-35(3)18-22-9-6-5-7-10-22/h5-17,27,30,34H,18-19H2,1-4H3. The van der Waals surface area contributed by atoms with E-state index < -0.39 is 28.9 Å². The highest BCUT2D eigenvalue weighted by Gasteiger charge is 2.39. The van der Waals surface area contributed by atoms with E-state index in [0.29, 0.717) is 35.1 Å². The largest absolute Gasteiger partial charge is 0.466 e. The Labute approximate surface area is 249 Å². The van der Waals surface area contributed by atoms with E-state index in [1.165, 1.54) is 25.3 Å². The number of non-ortho nitro benzene ring substituents is 1. The normalized spacial score (nSPS) is 15.7. The number of carbonyl (C=O) groups is 2. The summed E-state index contributed by atoms with van der Waals surface area (Å²) in [5, 5.41) is 15.2. The molecule has 1 N–H and O–H groups in total. The number of ether oxygens (including phenoxy) is 2. The summed E-state index contributed by atoms with van der Waals surface area (Å²) in [6.07, 6.45) is -0.692. The molecule has 2 unspecified atom stereocenters. The number of benzene rings is 3. The maximum atomic E-state index is 14.1. The minimum atomic E-state index is -0.959. The number of nitrogens with zero attached hydrogens (tertiary/aromatic N) is 2. The minimum Gasteiger partial charge on any atom is -0.466 e. The van der Waals surface area contributed by atoms with Crippen molar-refractivity contribution in [2.45, 2.75) is 32.4 Å². The van der Waals surface area contributed by atoms with Crippen molar-refractivity contribution in [1.29, 1.82) is 0 Å². The lowest BCUT2D eigenvalue weighted by molar-refractivity contribution is -0.384. The molecule has 0 saturated carbocycles. The molecule has 0 radical (unpaired) electrons. The van der Waals surface area contributed by atoms with Gasteiger partial charge in [0.25, 0.3) is 5.69 Å². The van der Waals surface area contributed by atoms with Gasteiger partial charge >= 0.3 is 11.9 Å². The Hall–Kier alpha value is -4.47. The van der Waals surface area contributed by atoms with E-state index in [9.17, 15) is 19.7 Å². The molecule has 3 aromatic rings. The number of nitro groups is 1. The van der Waals surface area contributed by atoms with Crippen molar-refractivity contribution in [2.75, 3.05) is 20.7 Å². The van der Waals surface area contributed by atoms with Gasteiger partial charge in [0.05, 0.1) is 29.1 Å². The summed E-state index contributed by atoms with van der Waals surface area (Å²) in [5.74, 6) is -2.29. The van der Waals surface area contributed by atoms with Crippen LogP contribution >= 0.6 is 11.6 Å². The Morgan fingerprint density at radius 1 is 0.976 bits per heavy atom. The molecule has 2 atom stereocenters. The fourth-order valence-electron chi connectivity index (χ4n) is 5.12. The molecule has 1 aliphatic rings. The molecule has 42 heavy (non-hydrogen) atoms. The summed E-state index contributed by atoms with van der Waals surface area (Å²) in [6, 6.07) is 22.9. The Bertz CT molecular complexity index is 1540. The lowest BCUT2D eigenvalue weighted by Crippen LogP contribution is -2.34. The fourth-order valence-corrected chi connectivity index (χ4v) is 5.25. The average Bonchev–Trinajstić information content (AvgIpc) is 2.97. The third kappa shape index (κ3) is 7.05. The molecule has 0 amide bonds. The topological polar surface area (TPSA) is 111 Å². The van der Waals surface area contributed by atoms with Gasteiger partial charge in [0, 0.05) is 41.6 Å². The number of rotatable bonds is 10. The van der Waals surface area contributed by atoms with Crippen molar-refractivity contribution in [3.05, 3.63) is 133 Å². The second-order valence-electron chi connectivity index (χ2n) is 10.1. The summed E-state index contributed by atoms with van der Waals surface area (Å²) in [4.78, 5) is 40.2.